The number of rotatable bonds is 4. The Kier molecular flexibility index (Phi) is 3.81. The Morgan fingerprint density at radius 2 is 1.64 bits per heavy atom. The van der Waals surface area contributed by atoms with Gasteiger partial charge in [-0.2, -0.15) is 0 Å². The van der Waals surface area contributed by atoms with E-state index in [4.69, 9.17) is 5.11 Å². The molecule has 0 spiro atoms. The summed E-state index contributed by atoms with van der Waals surface area (Å²) >= 11 is 0. The molecule has 0 aliphatic heterocycles. The Labute approximate surface area is 130 Å². The minimum absolute atomic E-state index is 0.121. The van der Waals surface area contributed by atoms with Crippen LogP contribution in [0, 0.1) is 0 Å². The van der Waals surface area contributed by atoms with Crippen molar-refractivity contribution in [2.75, 3.05) is 6.61 Å². The van der Waals surface area contributed by atoms with Crippen LogP contribution in [-0.2, 0) is 5.41 Å². The fourth-order valence-electron chi connectivity index (χ4n) is 3.42. The van der Waals surface area contributed by atoms with Crippen LogP contribution >= 0.6 is 0 Å². The molecule has 1 aliphatic carbocycles. The van der Waals surface area contributed by atoms with Crippen molar-refractivity contribution >= 4 is 0 Å². The number of benzene rings is 2. The summed E-state index contributed by atoms with van der Waals surface area (Å²) in [5.41, 5.74) is 5.45. The predicted octanol–water partition coefficient (Wildman–Crippen LogP) is 2.77. The van der Waals surface area contributed by atoms with E-state index < -0.39 is 12.2 Å². The first kappa shape index (κ1) is 15.2. The van der Waals surface area contributed by atoms with Crippen LogP contribution < -0.4 is 0 Å². The molecule has 2 aromatic carbocycles. The zero-order valence-corrected chi connectivity index (χ0v) is 13.0. The fourth-order valence-corrected chi connectivity index (χ4v) is 3.42. The van der Waals surface area contributed by atoms with E-state index in [9.17, 15) is 10.2 Å². The summed E-state index contributed by atoms with van der Waals surface area (Å²) in [5.74, 6) is 0. The Bertz CT molecular complexity index is 691. The normalized spacial score (nSPS) is 17.7. The minimum Gasteiger partial charge on any atom is -0.396 e. The molecule has 116 valence electrons. The Balaban J connectivity index is 2.04. The molecule has 2 unspecified atom stereocenters. The monoisotopic (exact) mass is 298 g/mol. The van der Waals surface area contributed by atoms with Crippen LogP contribution in [0.4, 0.5) is 0 Å². The highest BCUT2D eigenvalue weighted by Gasteiger charge is 2.35. The molecule has 0 saturated carbocycles. The zero-order chi connectivity index (χ0) is 15.9. The van der Waals surface area contributed by atoms with E-state index in [2.05, 4.69) is 26.0 Å². The topological polar surface area (TPSA) is 60.7 Å². The molecule has 1 aliphatic rings. The predicted molar refractivity (Wildman–Crippen MR) is 86.7 cm³/mol. The first-order chi connectivity index (χ1) is 10.5. The van der Waals surface area contributed by atoms with Crippen molar-refractivity contribution < 1.29 is 15.3 Å². The van der Waals surface area contributed by atoms with Gasteiger partial charge in [-0.1, -0.05) is 56.3 Å². The highest BCUT2D eigenvalue weighted by molar-refractivity contribution is 5.80. The minimum atomic E-state index is -0.975. The van der Waals surface area contributed by atoms with E-state index in [-0.39, 0.29) is 18.4 Å². The van der Waals surface area contributed by atoms with Crippen molar-refractivity contribution in [3.05, 3.63) is 59.2 Å². The maximum absolute atomic E-state index is 10.3. The molecule has 0 fully saturated rings. The second kappa shape index (κ2) is 5.51. The highest BCUT2D eigenvalue weighted by atomic mass is 16.3. The van der Waals surface area contributed by atoms with Gasteiger partial charge in [-0.25, -0.2) is 0 Å². The Morgan fingerprint density at radius 1 is 0.955 bits per heavy atom. The van der Waals surface area contributed by atoms with Gasteiger partial charge in [-0.15, -0.1) is 0 Å². The smallest absolute Gasteiger partial charge is 0.105 e. The standard InChI is InChI=1S/C19H22O3/c1-19(2)15-6-4-3-5-13(15)14-8-7-12(11-16(14)19)18(22)17(21)9-10-20/h3-8,11,17-18,20-22H,9-10H2,1-2H3. The lowest BCUT2D eigenvalue weighted by molar-refractivity contribution is 0.00417. The van der Waals surface area contributed by atoms with E-state index in [1.165, 1.54) is 22.3 Å². The SMILES string of the molecule is CC1(C)c2ccccc2-c2ccc(C(O)C(O)CCO)cc21. The van der Waals surface area contributed by atoms with Crippen LogP contribution in [-0.4, -0.2) is 28.0 Å². The third-order valence-electron chi connectivity index (χ3n) is 4.74. The molecule has 3 rings (SSSR count). The maximum Gasteiger partial charge on any atom is 0.105 e. The highest BCUT2D eigenvalue weighted by Crippen LogP contribution is 2.49. The molecular weight excluding hydrogens is 276 g/mol. The lowest BCUT2D eigenvalue weighted by atomic mass is 9.81. The van der Waals surface area contributed by atoms with Crippen molar-refractivity contribution in [2.24, 2.45) is 0 Å². The van der Waals surface area contributed by atoms with E-state index >= 15 is 0 Å². The number of aliphatic hydroxyl groups excluding tert-OH is 3. The summed E-state index contributed by atoms with van der Waals surface area (Å²) in [6.07, 6.45) is -1.76. The summed E-state index contributed by atoms with van der Waals surface area (Å²) in [7, 11) is 0. The maximum atomic E-state index is 10.3. The molecular formula is C19H22O3. The van der Waals surface area contributed by atoms with Crippen LogP contribution in [0.2, 0.25) is 0 Å². The second-order valence-electron chi connectivity index (χ2n) is 6.50. The molecule has 0 aromatic heterocycles. The largest absolute Gasteiger partial charge is 0.396 e. The summed E-state index contributed by atoms with van der Waals surface area (Å²) < 4.78 is 0. The molecule has 2 aromatic rings. The molecule has 3 nitrogen and oxygen atoms in total. The summed E-state index contributed by atoms with van der Waals surface area (Å²) in [6.45, 7) is 4.22. The van der Waals surface area contributed by atoms with Crippen molar-refractivity contribution in [3.8, 4) is 11.1 Å². The second-order valence-corrected chi connectivity index (χ2v) is 6.50. The van der Waals surface area contributed by atoms with Crippen LogP contribution in [0.15, 0.2) is 42.5 Å². The third kappa shape index (κ3) is 2.26. The average Bonchev–Trinajstić information content (AvgIpc) is 2.75. The van der Waals surface area contributed by atoms with E-state index in [0.29, 0.717) is 5.56 Å². The van der Waals surface area contributed by atoms with Gasteiger partial charge in [0, 0.05) is 12.0 Å². The van der Waals surface area contributed by atoms with Crippen molar-refractivity contribution in [1.82, 2.24) is 0 Å². The van der Waals surface area contributed by atoms with Gasteiger partial charge in [-0.3, -0.25) is 0 Å². The lowest BCUT2D eigenvalue weighted by Crippen LogP contribution is -2.20. The van der Waals surface area contributed by atoms with E-state index in [1.54, 1.807) is 0 Å². The van der Waals surface area contributed by atoms with Gasteiger partial charge >= 0.3 is 0 Å². The Hall–Kier alpha value is -1.68. The number of aliphatic hydroxyl groups is 3. The third-order valence-corrected chi connectivity index (χ3v) is 4.74. The van der Waals surface area contributed by atoms with Crippen LogP contribution in [0.5, 0.6) is 0 Å². The van der Waals surface area contributed by atoms with Gasteiger partial charge in [0.05, 0.1) is 6.10 Å². The van der Waals surface area contributed by atoms with Gasteiger partial charge in [0.2, 0.25) is 0 Å². The summed E-state index contributed by atoms with van der Waals surface area (Å²) in [4.78, 5) is 0. The summed E-state index contributed by atoms with van der Waals surface area (Å²) in [6, 6.07) is 14.2. The number of fused-ring (bicyclic) bond motifs is 3. The molecule has 2 atom stereocenters. The molecule has 0 radical (unpaired) electrons. The van der Waals surface area contributed by atoms with Gasteiger partial charge in [0.1, 0.15) is 6.10 Å². The van der Waals surface area contributed by atoms with E-state index in [1.807, 2.05) is 30.3 Å². The molecule has 0 amide bonds. The number of hydrogen-bond donors (Lipinski definition) is 3. The van der Waals surface area contributed by atoms with Crippen LogP contribution in [0.25, 0.3) is 11.1 Å². The Morgan fingerprint density at radius 3 is 2.36 bits per heavy atom. The van der Waals surface area contributed by atoms with Crippen LogP contribution in [0.3, 0.4) is 0 Å². The van der Waals surface area contributed by atoms with Crippen molar-refractivity contribution in [3.63, 3.8) is 0 Å². The first-order valence-corrected chi connectivity index (χ1v) is 7.68. The molecule has 0 heterocycles. The molecule has 3 heteroatoms. The number of hydrogen-bond acceptors (Lipinski definition) is 3. The molecule has 22 heavy (non-hydrogen) atoms. The van der Waals surface area contributed by atoms with E-state index in [0.717, 1.165) is 0 Å². The van der Waals surface area contributed by atoms with Gasteiger partial charge in [0.25, 0.3) is 0 Å². The van der Waals surface area contributed by atoms with Gasteiger partial charge in [-0.05, 0) is 34.2 Å². The zero-order valence-electron chi connectivity index (χ0n) is 13.0. The average molecular weight is 298 g/mol. The molecule has 0 saturated heterocycles. The summed E-state index contributed by atoms with van der Waals surface area (Å²) in [5, 5.41) is 29.1. The van der Waals surface area contributed by atoms with Crippen molar-refractivity contribution in [1.29, 1.82) is 0 Å². The van der Waals surface area contributed by atoms with Gasteiger partial charge in [0.15, 0.2) is 0 Å². The first-order valence-electron chi connectivity index (χ1n) is 7.68. The molecule has 3 N–H and O–H groups in total. The fraction of sp³-hybridized carbons (Fsp3) is 0.368. The van der Waals surface area contributed by atoms with Crippen LogP contribution in [0.1, 0.15) is 43.1 Å². The van der Waals surface area contributed by atoms with Crippen molar-refractivity contribution in [2.45, 2.75) is 37.9 Å². The molecule has 0 bridgehead atoms. The lowest BCUT2D eigenvalue weighted by Gasteiger charge is -2.23. The quantitative estimate of drug-likeness (QED) is 0.813. The van der Waals surface area contributed by atoms with Gasteiger partial charge < -0.3 is 15.3 Å².